The molecule has 82 valence electrons. The summed E-state index contributed by atoms with van der Waals surface area (Å²) in [6, 6.07) is 6.50. The molecule has 2 rings (SSSR count). The lowest BCUT2D eigenvalue weighted by Crippen LogP contribution is -2.16. The number of alkyl halides is 1. The fourth-order valence-corrected chi connectivity index (χ4v) is 2.98. The van der Waals surface area contributed by atoms with Crippen molar-refractivity contribution < 1.29 is 4.74 Å². The number of hydrogen-bond donors (Lipinski definition) is 0. The lowest BCUT2D eigenvalue weighted by atomic mass is 9.81. The highest BCUT2D eigenvalue weighted by Crippen LogP contribution is 2.37. The lowest BCUT2D eigenvalue weighted by Gasteiger charge is -2.27. The predicted octanol–water partition coefficient (Wildman–Crippen LogP) is 3.90. The van der Waals surface area contributed by atoms with Gasteiger partial charge in [0.2, 0.25) is 0 Å². The number of halogens is 1. The van der Waals surface area contributed by atoms with Gasteiger partial charge in [-0.2, -0.15) is 0 Å². The number of benzene rings is 1. The van der Waals surface area contributed by atoms with Crippen molar-refractivity contribution in [1.29, 1.82) is 0 Å². The van der Waals surface area contributed by atoms with Crippen LogP contribution in [0.5, 0.6) is 5.75 Å². The van der Waals surface area contributed by atoms with Gasteiger partial charge >= 0.3 is 0 Å². The van der Waals surface area contributed by atoms with Crippen LogP contribution in [0.25, 0.3) is 0 Å². The summed E-state index contributed by atoms with van der Waals surface area (Å²) < 4.78 is 5.26. The normalized spacial score (nSPS) is 21.9. The summed E-state index contributed by atoms with van der Waals surface area (Å²) in [4.78, 5) is 0.560. The quantitative estimate of drug-likeness (QED) is 0.740. The van der Waals surface area contributed by atoms with E-state index in [1.807, 2.05) is 0 Å². The number of ether oxygens (including phenoxy) is 1. The van der Waals surface area contributed by atoms with E-state index in [2.05, 4.69) is 41.1 Å². The largest absolute Gasteiger partial charge is 0.497 e. The van der Waals surface area contributed by atoms with Gasteiger partial charge in [0.15, 0.2) is 0 Å². The standard InChI is InChI=1S/C13H17BrO/c1-9(14)12-5-3-4-10-8-11(15-2)6-7-13(10)12/h6-9,12H,3-5H2,1-2H3. The van der Waals surface area contributed by atoms with E-state index in [9.17, 15) is 0 Å². The van der Waals surface area contributed by atoms with Crippen LogP contribution in [0, 0.1) is 0 Å². The molecule has 0 spiro atoms. The number of methoxy groups -OCH3 is 1. The van der Waals surface area contributed by atoms with Crippen LogP contribution in [0.1, 0.15) is 36.8 Å². The molecular formula is C13H17BrO. The fraction of sp³-hybridized carbons (Fsp3) is 0.538. The molecule has 0 fully saturated rings. The molecule has 0 saturated carbocycles. The maximum Gasteiger partial charge on any atom is 0.119 e. The topological polar surface area (TPSA) is 9.23 Å². The second kappa shape index (κ2) is 4.56. The molecule has 0 aliphatic heterocycles. The Morgan fingerprint density at radius 3 is 2.93 bits per heavy atom. The Morgan fingerprint density at radius 2 is 2.27 bits per heavy atom. The third kappa shape index (κ3) is 2.20. The van der Waals surface area contributed by atoms with E-state index in [0.717, 1.165) is 5.75 Å². The zero-order valence-electron chi connectivity index (χ0n) is 9.29. The number of rotatable bonds is 2. The molecule has 0 heterocycles. The highest BCUT2D eigenvalue weighted by molar-refractivity contribution is 9.09. The molecule has 1 aliphatic carbocycles. The molecule has 0 aromatic heterocycles. The summed E-state index contributed by atoms with van der Waals surface area (Å²) in [6.45, 7) is 2.24. The predicted molar refractivity (Wildman–Crippen MR) is 67.1 cm³/mol. The molecule has 0 saturated heterocycles. The average molecular weight is 269 g/mol. The minimum atomic E-state index is 0.560. The van der Waals surface area contributed by atoms with Crippen molar-refractivity contribution in [2.75, 3.05) is 7.11 Å². The summed E-state index contributed by atoms with van der Waals surface area (Å²) in [5, 5.41) is 0. The summed E-state index contributed by atoms with van der Waals surface area (Å²) in [5.41, 5.74) is 2.98. The van der Waals surface area contributed by atoms with Gasteiger partial charge in [0.05, 0.1) is 7.11 Å². The zero-order chi connectivity index (χ0) is 10.8. The first-order valence-electron chi connectivity index (χ1n) is 5.53. The van der Waals surface area contributed by atoms with Gasteiger partial charge in [-0.15, -0.1) is 0 Å². The molecule has 2 heteroatoms. The van der Waals surface area contributed by atoms with Gasteiger partial charge in [0, 0.05) is 4.83 Å². The van der Waals surface area contributed by atoms with Crippen LogP contribution in [-0.4, -0.2) is 11.9 Å². The first kappa shape index (κ1) is 11.0. The third-order valence-electron chi connectivity index (χ3n) is 3.27. The SMILES string of the molecule is COc1ccc2c(c1)CCCC2C(C)Br. The Kier molecular flexibility index (Phi) is 3.35. The Morgan fingerprint density at radius 1 is 1.47 bits per heavy atom. The number of aryl methyl sites for hydroxylation is 1. The average Bonchev–Trinajstić information content (AvgIpc) is 2.27. The van der Waals surface area contributed by atoms with Crippen molar-refractivity contribution in [2.24, 2.45) is 0 Å². The van der Waals surface area contributed by atoms with Gasteiger partial charge in [-0.05, 0) is 48.4 Å². The van der Waals surface area contributed by atoms with Gasteiger partial charge in [0.1, 0.15) is 5.75 Å². The Hall–Kier alpha value is -0.500. The second-order valence-corrected chi connectivity index (χ2v) is 5.69. The van der Waals surface area contributed by atoms with Gasteiger partial charge in [-0.25, -0.2) is 0 Å². The molecule has 2 unspecified atom stereocenters. The Balaban J connectivity index is 2.36. The van der Waals surface area contributed by atoms with Crippen LogP contribution in [0.3, 0.4) is 0 Å². The van der Waals surface area contributed by atoms with E-state index in [-0.39, 0.29) is 0 Å². The minimum Gasteiger partial charge on any atom is -0.497 e. The molecule has 1 aliphatic rings. The van der Waals surface area contributed by atoms with E-state index in [0.29, 0.717) is 10.7 Å². The number of fused-ring (bicyclic) bond motifs is 1. The van der Waals surface area contributed by atoms with Crippen molar-refractivity contribution >= 4 is 15.9 Å². The van der Waals surface area contributed by atoms with Crippen molar-refractivity contribution in [2.45, 2.75) is 36.9 Å². The van der Waals surface area contributed by atoms with E-state index < -0.39 is 0 Å². The fourth-order valence-electron chi connectivity index (χ4n) is 2.43. The Bertz CT molecular complexity index is 346. The van der Waals surface area contributed by atoms with Gasteiger partial charge in [-0.3, -0.25) is 0 Å². The van der Waals surface area contributed by atoms with Crippen molar-refractivity contribution in [3.8, 4) is 5.75 Å². The summed E-state index contributed by atoms with van der Waals surface area (Å²) >= 11 is 3.71. The van der Waals surface area contributed by atoms with Crippen molar-refractivity contribution in [3.05, 3.63) is 29.3 Å². The van der Waals surface area contributed by atoms with Crippen LogP contribution in [-0.2, 0) is 6.42 Å². The van der Waals surface area contributed by atoms with Crippen molar-refractivity contribution in [3.63, 3.8) is 0 Å². The first-order valence-corrected chi connectivity index (χ1v) is 6.45. The van der Waals surface area contributed by atoms with Crippen LogP contribution in [0.15, 0.2) is 18.2 Å². The maximum absolute atomic E-state index is 5.26. The molecule has 0 N–H and O–H groups in total. The third-order valence-corrected chi connectivity index (χ3v) is 3.90. The highest BCUT2D eigenvalue weighted by atomic mass is 79.9. The molecule has 1 nitrogen and oxygen atoms in total. The van der Waals surface area contributed by atoms with Gasteiger partial charge in [0.25, 0.3) is 0 Å². The smallest absolute Gasteiger partial charge is 0.119 e. The van der Waals surface area contributed by atoms with E-state index in [4.69, 9.17) is 4.74 Å². The molecular weight excluding hydrogens is 252 g/mol. The summed E-state index contributed by atoms with van der Waals surface area (Å²) in [6.07, 6.45) is 3.79. The van der Waals surface area contributed by atoms with Crippen LogP contribution < -0.4 is 4.74 Å². The molecule has 2 atom stereocenters. The van der Waals surface area contributed by atoms with Crippen molar-refractivity contribution in [1.82, 2.24) is 0 Å². The van der Waals surface area contributed by atoms with E-state index in [1.54, 1.807) is 7.11 Å². The minimum absolute atomic E-state index is 0.560. The van der Waals surface area contributed by atoms with E-state index in [1.165, 1.54) is 30.4 Å². The maximum atomic E-state index is 5.26. The molecule has 15 heavy (non-hydrogen) atoms. The molecule has 0 radical (unpaired) electrons. The first-order chi connectivity index (χ1) is 7.22. The van der Waals surface area contributed by atoms with Gasteiger partial charge in [-0.1, -0.05) is 28.9 Å². The summed E-state index contributed by atoms with van der Waals surface area (Å²) in [5.74, 6) is 1.65. The molecule has 0 amide bonds. The summed E-state index contributed by atoms with van der Waals surface area (Å²) in [7, 11) is 1.73. The monoisotopic (exact) mass is 268 g/mol. The van der Waals surface area contributed by atoms with Gasteiger partial charge < -0.3 is 4.74 Å². The van der Waals surface area contributed by atoms with Crippen LogP contribution >= 0.6 is 15.9 Å². The zero-order valence-corrected chi connectivity index (χ0v) is 10.9. The molecule has 1 aromatic rings. The van der Waals surface area contributed by atoms with Crippen LogP contribution in [0.4, 0.5) is 0 Å². The lowest BCUT2D eigenvalue weighted by molar-refractivity contribution is 0.413. The molecule has 0 bridgehead atoms. The van der Waals surface area contributed by atoms with E-state index >= 15 is 0 Å². The Labute approximate surface area is 100.0 Å². The number of hydrogen-bond acceptors (Lipinski definition) is 1. The highest BCUT2D eigenvalue weighted by Gasteiger charge is 2.23. The van der Waals surface area contributed by atoms with Crippen LogP contribution in [0.2, 0.25) is 0 Å². The molecule has 1 aromatic carbocycles. The second-order valence-electron chi connectivity index (χ2n) is 4.24.